The van der Waals surface area contributed by atoms with E-state index in [-0.39, 0.29) is 4.90 Å². The van der Waals surface area contributed by atoms with Crippen molar-refractivity contribution in [1.29, 1.82) is 0 Å². The zero-order chi connectivity index (χ0) is 17.9. The lowest BCUT2D eigenvalue weighted by atomic mass is 10.2. The standard InChI is InChI=1S/C16H16ClFN2O3S/c1-10-3-4-12(17)9-15(10)19-16(21)11(2)20-24(22,23)14-7-5-13(18)6-8-14/h3-9,11,20H,1-2H3,(H,19,21)/t11-/m0/s1. The molecule has 0 saturated carbocycles. The predicted molar refractivity (Wildman–Crippen MR) is 91.0 cm³/mol. The van der Waals surface area contributed by atoms with Crippen molar-refractivity contribution >= 4 is 33.2 Å². The zero-order valence-corrected chi connectivity index (χ0v) is 14.6. The fourth-order valence-corrected chi connectivity index (χ4v) is 3.31. The summed E-state index contributed by atoms with van der Waals surface area (Å²) in [4.78, 5) is 12.1. The minimum atomic E-state index is -3.94. The summed E-state index contributed by atoms with van der Waals surface area (Å²) in [5.41, 5.74) is 1.29. The molecule has 2 rings (SSSR count). The van der Waals surface area contributed by atoms with Crippen molar-refractivity contribution in [3.63, 3.8) is 0 Å². The largest absolute Gasteiger partial charge is 0.324 e. The van der Waals surface area contributed by atoms with Crippen molar-refractivity contribution in [3.8, 4) is 0 Å². The number of carbonyl (C=O) groups excluding carboxylic acids is 1. The quantitative estimate of drug-likeness (QED) is 0.849. The Morgan fingerprint density at radius 1 is 1.17 bits per heavy atom. The average molecular weight is 371 g/mol. The number of rotatable bonds is 5. The lowest BCUT2D eigenvalue weighted by Gasteiger charge is -2.15. The molecule has 0 bridgehead atoms. The van der Waals surface area contributed by atoms with Gasteiger partial charge in [-0.1, -0.05) is 17.7 Å². The third-order valence-electron chi connectivity index (χ3n) is 3.31. The Bertz CT molecular complexity index is 854. The number of carbonyl (C=O) groups is 1. The Balaban J connectivity index is 2.10. The average Bonchev–Trinajstić information content (AvgIpc) is 2.51. The summed E-state index contributed by atoms with van der Waals surface area (Å²) in [6.45, 7) is 3.20. The third-order valence-corrected chi connectivity index (χ3v) is 5.10. The Kier molecular flexibility index (Phi) is 5.58. The fourth-order valence-electron chi connectivity index (χ4n) is 1.94. The van der Waals surface area contributed by atoms with E-state index in [1.165, 1.54) is 6.92 Å². The van der Waals surface area contributed by atoms with Crippen molar-refractivity contribution in [2.24, 2.45) is 0 Å². The van der Waals surface area contributed by atoms with Crippen LogP contribution in [0.4, 0.5) is 10.1 Å². The van der Waals surface area contributed by atoms with Gasteiger partial charge < -0.3 is 5.32 Å². The number of amides is 1. The smallest absolute Gasteiger partial charge is 0.242 e. The third kappa shape index (κ3) is 4.53. The van der Waals surface area contributed by atoms with Crippen LogP contribution in [0.5, 0.6) is 0 Å². The van der Waals surface area contributed by atoms with Gasteiger partial charge in [0, 0.05) is 10.7 Å². The minimum absolute atomic E-state index is 0.123. The van der Waals surface area contributed by atoms with E-state index in [0.29, 0.717) is 10.7 Å². The SMILES string of the molecule is Cc1ccc(Cl)cc1NC(=O)[C@H](C)NS(=O)(=O)c1ccc(F)cc1. The normalized spacial score (nSPS) is 12.7. The summed E-state index contributed by atoms with van der Waals surface area (Å²) in [5.74, 6) is -1.08. The Morgan fingerprint density at radius 3 is 2.42 bits per heavy atom. The fraction of sp³-hybridized carbons (Fsp3) is 0.188. The number of hydrogen-bond donors (Lipinski definition) is 2. The maximum absolute atomic E-state index is 12.9. The van der Waals surface area contributed by atoms with E-state index in [1.807, 2.05) is 0 Å². The second kappa shape index (κ2) is 7.29. The highest BCUT2D eigenvalue weighted by Crippen LogP contribution is 2.20. The topological polar surface area (TPSA) is 75.3 Å². The van der Waals surface area contributed by atoms with Gasteiger partial charge in [0.1, 0.15) is 5.82 Å². The van der Waals surface area contributed by atoms with E-state index in [2.05, 4.69) is 10.0 Å². The lowest BCUT2D eigenvalue weighted by Crippen LogP contribution is -2.41. The molecule has 2 N–H and O–H groups in total. The van der Waals surface area contributed by atoms with Crippen LogP contribution in [0.15, 0.2) is 47.4 Å². The van der Waals surface area contributed by atoms with E-state index in [1.54, 1.807) is 25.1 Å². The van der Waals surface area contributed by atoms with Gasteiger partial charge in [0.2, 0.25) is 15.9 Å². The number of sulfonamides is 1. The summed E-state index contributed by atoms with van der Waals surface area (Å²) in [6.07, 6.45) is 0. The van der Waals surface area contributed by atoms with Crippen molar-refractivity contribution in [1.82, 2.24) is 4.72 Å². The van der Waals surface area contributed by atoms with E-state index in [4.69, 9.17) is 11.6 Å². The molecule has 0 aliphatic carbocycles. The maximum atomic E-state index is 12.9. The molecule has 0 aliphatic rings. The molecule has 5 nitrogen and oxygen atoms in total. The van der Waals surface area contributed by atoms with Gasteiger partial charge in [-0.15, -0.1) is 0 Å². The first-order valence-electron chi connectivity index (χ1n) is 7.04. The monoisotopic (exact) mass is 370 g/mol. The molecular formula is C16H16ClFN2O3S. The van der Waals surface area contributed by atoms with E-state index < -0.39 is 27.8 Å². The minimum Gasteiger partial charge on any atom is -0.324 e. The first-order valence-corrected chi connectivity index (χ1v) is 8.90. The van der Waals surface area contributed by atoms with Gasteiger partial charge in [-0.3, -0.25) is 4.79 Å². The molecule has 1 amide bonds. The second-order valence-corrected chi connectivity index (χ2v) is 7.40. The molecule has 0 radical (unpaired) electrons. The number of halogens is 2. The molecule has 8 heteroatoms. The van der Waals surface area contributed by atoms with Gasteiger partial charge in [-0.2, -0.15) is 4.72 Å². The predicted octanol–water partition coefficient (Wildman–Crippen LogP) is 3.09. The molecular weight excluding hydrogens is 355 g/mol. The van der Waals surface area contributed by atoms with Gasteiger partial charge in [0.25, 0.3) is 0 Å². The maximum Gasteiger partial charge on any atom is 0.242 e. The number of aryl methyl sites for hydroxylation is 1. The van der Waals surface area contributed by atoms with Gasteiger partial charge in [-0.05, 0) is 55.8 Å². The summed E-state index contributed by atoms with van der Waals surface area (Å²) < 4.78 is 39.5. The number of nitrogens with one attached hydrogen (secondary N) is 2. The van der Waals surface area contributed by atoms with E-state index in [0.717, 1.165) is 29.8 Å². The van der Waals surface area contributed by atoms with Crippen LogP contribution in [0.3, 0.4) is 0 Å². The lowest BCUT2D eigenvalue weighted by molar-refractivity contribution is -0.117. The second-order valence-electron chi connectivity index (χ2n) is 5.25. The first-order chi connectivity index (χ1) is 11.2. The van der Waals surface area contributed by atoms with Crippen LogP contribution >= 0.6 is 11.6 Å². The van der Waals surface area contributed by atoms with Crippen LogP contribution in [0.25, 0.3) is 0 Å². The highest BCUT2D eigenvalue weighted by molar-refractivity contribution is 7.89. The molecule has 128 valence electrons. The summed E-state index contributed by atoms with van der Waals surface area (Å²) >= 11 is 5.89. The molecule has 1 atom stereocenters. The molecule has 24 heavy (non-hydrogen) atoms. The zero-order valence-electron chi connectivity index (χ0n) is 13.0. The van der Waals surface area contributed by atoms with Crippen molar-refractivity contribution in [2.45, 2.75) is 24.8 Å². The molecule has 2 aromatic carbocycles. The Hall–Kier alpha value is -1.96. The van der Waals surface area contributed by atoms with Gasteiger partial charge in [-0.25, -0.2) is 12.8 Å². The summed E-state index contributed by atoms with van der Waals surface area (Å²) in [7, 11) is -3.94. The van der Waals surface area contributed by atoms with Crippen molar-refractivity contribution in [2.75, 3.05) is 5.32 Å². The van der Waals surface area contributed by atoms with Crippen LogP contribution in [0.2, 0.25) is 5.02 Å². The summed E-state index contributed by atoms with van der Waals surface area (Å²) in [6, 6.07) is 8.31. The molecule has 0 unspecified atom stereocenters. The molecule has 2 aromatic rings. The van der Waals surface area contributed by atoms with Crippen LogP contribution < -0.4 is 10.0 Å². The molecule has 0 saturated heterocycles. The van der Waals surface area contributed by atoms with E-state index >= 15 is 0 Å². The number of anilines is 1. The Morgan fingerprint density at radius 2 is 1.79 bits per heavy atom. The van der Waals surface area contributed by atoms with Crippen molar-refractivity contribution in [3.05, 3.63) is 58.9 Å². The van der Waals surface area contributed by atoms with Crippen LogP contribution in [0.1, 0.15) is 12.5 Å². The van der Waals surface area contributed by atoms with Crippen LogP contribution in [-0.4, -0.2) is 20.4 Å². The van der Waals surface area contributed by atoms with Crippen LogP contribution in [0, 0.1) is 12.7 Å². The van der Waals surface area contributed by atoms with Crippen LogP contribution in [-0.2, 0) is 14.8 Å². The van der Waals surface area contributed by atoms with Gasteiger partial charge >= 0.3 is 0 Å². The van der Waals surface area contributed by atoms with Crippen molar-refractivity contribution < 1.29 is 17.6 Å². The van der Waals surface area contributed by atoms with Gasteiger partial charge in [0.15, 0.2) is 0 Å². The molecule has 0 aliphatic heterocycles. The van der Waals surface area contributed by atoms with E-state index in [9.17, 15) is 17.6 Å². The summed E-state index contributed by atoms with van der Waals surface area (Å²) in [5, 5.41) is 3.08. The van der Waals surface area contributed by atoms with Gasteiger partial charge in [0.05, 0.1) is 10.9 Å². The number of benzene rings is 2. The molecule has 0 spiro atoms. The highest BCUT2D eigenvalue weighted by atomic mass is 35.5. The highest BCUT2D eigenvalue weighted by Gasteiger charge is 2.22. The Labute approximate surface area is 144 Å². The number of hydrogen-bond acceptors (Lipinski definition) is 3. The molecule has 0 heterocycles. The molecule has 0 fully saturated rings. The molecule has 0 aromatic heterocycles. The first kappa shape index (κ1) is 18.4.